The minimum atomic E-state index is -3.49. The van der Waals surface area contributed by atoms with Gasteiger partial charge in [-0.15, -0.1) is 0 Å². The molecule has 1 unspecified atom stereocenters. The number of carbonyl (C=O) groups excluding carboxylic acids is 1. The number of nitrogen functional groups attached to an aromatic ring is 2. The monoisotopic (exact) mass is 603 g/mol. The van der Waals surface area contributed by atoms with Crippen LogP contribution in [0.25, 0.3) is 11.2 Å². The minimum absolute atomic E-state index is 0.0244. The van der Waals surface area contributed by atoms with Gasteiger partial charge in [-0.05, 0) is 44.7 Å². The Labute approximate surface area is 233 Å². The molecule has 6 N–H and O–H groups in total. The van der Waals surface area contributed by atoms with Crippen molar-refractivity contribution < 1.29 is 32.8 Å². The quantitative estimate of drug-likeness (QED) is 0.151. The summed E-state index contributed by atoms with van der Waals surface area (Å²) in [6.45, 7) is 1.01. The number of esters is 1. The van der Waals surface area contributed by atoms with Crippen molar-refractivity contribution in [1.29, 1.82) is 0 Å². The molecule has 4 rings (SSSR count). The highest BCUT2D eigenvalue weighted by atomic mass is 35.5. The predicted molar refractivity (Wildman–Crippen MR) is 145 cm³/mol. The molecule has 13 nitrogen and oxygen atoms in total. The maximum Gasteiger partial charge on any atom is 0.323 e. The zero-order valence-electron chi connectivity index (χ0n) is 21.1. The lowest BCUT2D eigenvalue weighted by molar-refractivity contribution is -0.149. The van der Waals surface area contributed by atoms with Crippen LogP contribution in [0.5, 0.6) is 5.75 Å². The van der Waals surface area contributed by atoms with E-state index in [-0.39, 0.29) is 29.0 Å². The Balaban J connectivity index is 1.55. The fourth-order valence-corrected chi connectivity index (χ4v) is 6.45. The van der Waals surface area contributed by atoms with E-state index in [9.17, 15) is 9.90 Å². The molecule has 1 aromatic carbocycles. The number of halogens is 2. The molecule has 17 heteroatoms. The van der Waals surface area contributed by atoms with E-state index in [0.717, 1.165) is 4.57 Å². The first-order chi connectivity index (χ1) is 18.3. The van der Waals surface area contributed by atoms with Gasteiger partial charge in [0.05, 0.1) is 19.0 Å². The summed E-state index contributed by atoms with van der Waals surface area (Å²) < 4.78 is 39.6. The van der Waals surface area contributed by atoms with Crippen molar-refractivity contribution in [3.63, 3.8) is 0 Å². The highest BCUT2D eigenvalue weighted by molar-refractivity contribution is 8.09. The van der Waals surface area contributed by atoms with E-state index in [1.165, 1.54) is 13.3 Å². The van der Waals surface area contributed by atoms with Crippen LogP contribution >= 0.6 is 18.2 Å². The lowest BCUT2D eigenvalue weighted by atomic mass is 10.1. The van der Waals surface area contributed by atoms with Gasteiger partial charge >= 0.3 is 12.6 Å². The molecule has 3 heterocycles. The van der Waals surface area contributed by atoms with Crippen molar-refractivity contribution in [1.82, 2.24) is 24.6 Å². The van der Waals surface area contributed by atoms with Crippen molar-refractivity contribution in [2.75, 3.05) is 18.1 Å². The zero-order chi connectivity index (χ0) is 28.5. The summed E-state index contributed by atoms with van der Waals surface area (Å²) in [5.41, 5.74) is 11.7. The number of nitrogens with two attached hydrogens (primary N) is 2. The molecular formula is C22H28ClFN7O6PS. The number of ether oxygens (including phenoxy) is 2. The number of nitrogens with zero attached hydrogens (tertiary/aromatic N) is 4. The van der Waals surface area contributed by atoms with Crippen LogP contribution in [0, 0.1) is 0 Å². The molecular weight excluding hydrogens is 576 g/mol. The number of aliphatic hydroxyl groups is 1. The van der Waals surface area contributed by atoms with Crippen molar-refractivity contribution in [3.05, 3.63) is 36.7 Å². The molecule has 3 aromatic rings. The third-order valence-corrected chi connectivity index (χ3v) is 8.44. The van der Waals surface area contributed by atoms with Crippen LogP contribution in [-0.4, -0.2) is 66.7 Å². The van der Waals surface area contributed by atoms with Gasteiger partial charge in [-0.1, -0.05) is 29.8 Å². The lowest BCUT2D eigenvalue weighted by Crippen LogP contribution is -2.40. The Hall–Kier alpha value is -2.65. The van der Waals surface area contributed by atoms with E-state index >= 15 is 4.39 Å². The predicted octanol–water partition coefficient (Wildman–Crippen LogP) is 2.40. The number of benzene rings is 1. The number of para-hydroxylation sites is 1. The lowest BCUT2D eigenvalue weighted by Gasteiger charge is -2.28. The molecule has 0 saturated carbocycles. The minimum Gasteiger partial charge on any atom is -0.462 e. The van der Waals surface area contributed by atoms with E-state index in [2.05, 4.69) is 20.0 Å². The van der Waals surface area contributed by atoms with Gasteiger partial charge in [0.25, 0.3) is 5.13 Å². The Bertz CT molecular complexity index is 1380. The van der Waals surface area contributed by atoms with Crippen molar-refractivity contribution >= 4 is 58.9 Å². The Morgan fingerprint density at radius 1 is 1.33 bits per heavy atom. The molecule has 1 saturated heterocycles. The Morgan fingerprint density at radius 3 is 2.69 bits per heavy atom. The number of imidazole rings is 1. The first kappa shape index (κ1) is 29.3. The second kappa shape index (κ2) is 11.5. The maximum atomic E-state index is 15.7. The van der Waals surface area contributed by atoms with Gasteiger partial charge in [0, 0.05) is 0 Å². The Morgan fingerprint density at radius 2 is 2.03 bits per heavy atom. The molecule has 0 amide bonds. The van der Waals surface area contributed by atoms with E-state index in [1.54, 1.807) is 44.2 Å². The van der Waals surface area contributed by atoms with E-state index in [4.69, 9.17) is 53.4 Å². The second-order valence-corrected chi connectivity index (χ2v) is 12.7. The van der Waals surface area contributed by atoms with Gasteiger partial charge in [-0.25, -0.2) is 14.5 Å². The third-order valence-electron chi connectivity index (χ3n) is 5.53. The normalized spacial score (nSPS) is 25.5. The first-order valence-corrected chi connectivity index (χ1v) is 14.8. The van der Waals surface area contributed by atoms with Gasteiger partial charge in [0.15, 0.2) is 17.7 Å². The average Bonchev–Trinajstić information content (AvgIpc) is 3.36. The summed E-state index contributed by atoms with van der Waals surface area (Å²) >= 11 is 11.8. The fourth-order valence-electron chi connectivity index (χ4n) is 3.74. The largest absolute Gasteiger partial charge is 0.462 e. The molecule has 0 bridgehead atoms. The topological polar surface area (TPSA) is 182 Å². The molecule has 0 radical (unpaired) electrons. The zero-order valence-corrected chi connectivity index (χ0v) is 23.6. The fraction of sp³-hybridized carbons (Fsp3) is 0.455. The van der Waals surface area contributed by atoms with E-state index in [0.29, 0.717) is 5.75 Å². The van der Waals surface area contributed by atoms with Crippen molar-refractivity contribution in [2.45, 2.75) is 56.5 Å². The number of aromatic nitrogens is 4. The third kappa shape index (κ3) is 6.40. The van der Waals surface area contributed by atoms with Gasteiger partial charge < -0.3 is 35.1 Å². The number of hydrogen-bond acceptors (Lipinski definition) is 12. The molecule has 2 aromatic heterocycles. The van der Waals surface area contributed by atoms with E-state index in [1.807, 2.05) is 0 Å². The number of carbonyl (C=O) groups is 1. The maximum absolute atomic E-state index is 15.7. The van der Waals surface area contributed by atoms with Crippen LogP contribution in [0.2, 0.25) is 0 Å². The molecule has 39 heavy (non-hydrogen) atoms. The smallest absolute Gasteiger partial charge is 0.323 e. The first-order valence-electron chi connectivity index (χ1n) is 11.7. The van der Waals surface area contributed by atoms with E-state index < -0.39 is 48.8 Å². The van der Waals surface area contributed by atoms with Gasteiger partial charge in [0.1, 0.15) is 29.5 Å². The summed E-state index contributed by atoms with van der Waals surface area (Å²) in [7, 11) is 0. The average molecular weight is 604 g/mol. The number of alkyl halides is 2. The molecule has 1 aliphatic heterocycles. The number of fused-ring (bicyclic) bond motifs is 1. The van der Waals surface area contributed by atoms with Gasteiger partial charge in [-0.3, -0.25) is 9.36 Å². The highest BCUT2D eigenvalue weighted by Gasteiger charge is 2.58. The number of aliphatic hydroxyl groups excluding tert-OH is 1. The standard InChI is InChI=1S/C22H28ClFN7O6PS/c1-11(2)35-19(33)12(3)30-38(39,37-13-7-5-4-6-8-13)34-9-14-16(32)22(23,24)20(36-14)31-10-27-15-17(25)28-21(26)29-18(15)31/h4-8,10-12,14,16,20,32H,9H2,1-3H3,(H,30,39)(H4,25,26,28,29)/t12-,14+,16+,20+,22+,38?/m0/s1. The summed E-state index contributed by atoms with van der Waals surface area (Å²) in [4.78, 5) is 24.4. The van der Waals surface area contributed by atoms with Crippen molar-refractivity contribution in [2.24, 2.45) is 0 Å². The summed E-state index contributed by atoms with van der Waals surface area (Å²) in [6.07, 6.45) is -3.94. The number of rotatable bonds is 10. The summed E-state index contributed by atoms with van der Waals surface area (Å²) in [5, 5.41) is 10.8. The number of hydrogen-bond donors (Lipinski definition) is 4. The van der Waals surface area contributed by atoms with Crippen molar-refractivity contribution in [3.8, 4) is 5.75 Å². The van der Waals surface area contributed by atoms with Crippen LogP contribution < -0.4 is 21.1 Å². The van der Waals surface area contributed by atoms with Gasteiger partial charge in [-0.2, -0.15) is 9.97 Å². The summed E-state index contributed by atoms with van der Waals surface area (Å²) in [6, 6.07) is 7.62. The molecule has 0 spiro atoms. The molecule has 1 aliphatic rings. The second-order valence-electron chi connectivity index (χ2n) is 8.97. The number of anilines is 2. The van der Waals surface area contributed by atoms with Crippen LogP contribution in [0.1, 0.15) is 27.0 Å². The van der Waals surface area contributed by atoms with Crippen LogP contribution in [0.15, 0.2) is 36.7 Å². The van der Waals surface area contributed by atoms with Crippen LogP contribution in [0.3, 0.4) is 0 Å². The molecule has 0 aliphatic carbocycles. The van der Waals surface area contributed by atoms with Crippen LogP contribution in [-0.2, 0) is 30.6 Å². The molecule has 212 valence electrons. The number of nitrogens with one attached hydrogen (secondary N) is 1. The van der Waals surface area contributed by atoms with Crippen LogP contribution in [0.4, 0.5) is 16.2 Å². The summed E-state index contributed by atoms with van der Waals surface area (Å²) in [5.74, 6) is -0.411. The Kier molecular flexibility index (Phi) is 8.61. The molecule has 6 atom stereocenters. The SMILES string of the molecule is CC(C)OC(=O)[C@H](C)NP(=S)(OC[C@H]1O[C@@H](n2cnc3c(N)nc(N)nc32)[C@@](F)(Cl)[C@@H]1O)Oc1ccccc1. The molecule has 1 fully saturated rings. The highest BCUT2D eigenvalue weighted by Crippen LogP contribution is 2.49. The van der Waals surface area contributed by atoms with Gasteiger partial charge in [0.2, 0.25) is 5.95 Å².